The number of hydrogen-bond acceptors (Lipinski definition) is 2. The molecule has 0 radical (unpaired) electrons. The molecule has 1 aliphatic heterocycles. The Bertz CT molecular complexity index is 521. The summed E-state index contributed by atoms with van der Waals surface area (Å²) in [6.45, 7) is 5.55. The summed E-state index contributed by atoms with van der Waals surface area (Å²) in [5.41, 5.74) is 3.62. The predicted molar refractivity (Wildman–Crippen MR) is 70.2 cm³/mol. The van der Waals surface area contributed by atoms with E-state index in [-0.39, 0.29) is 0 Å². The first-order valence-electron chi connectivity index (χ1n) is 6.47. The molecule has 1 fully saturated rings. The lowest BCUT2D eigenvalue weighted by molar-refractivity contribution is 0.614. The van der Waals surface area contributed by atoms with E-state index >= 15 is 0 Å². The van der Waals surface area contributed by atoms with Crippen LogP contribution in [-0.2, 0) is 0 Å². The lowest BCUT2D eigenvalue weighted by atomic mass is 10.0. The number of aromatic amines is 1. The van der Waals surface area contributed by atoms with Gasteiger partial charge in [0.1, 0.15) is 5.82 Å². The predicted octanol–water partition coefficient (Wildman–Crippen LogP) is 3.11. The second-order valence-electron chi connectivity index (χ2n) is 5.20. The number of fused-ring (bicyclic) bond motifs is 1. The Labute approximate surface area is 102 Å². The highest BCUT2D eigenvalue weighted by Crippen LogP contribution is 2.25. The smallest absolute Gasteiger partial charge is 0.124 e. The number of benzene rings is 1. The molecular weight excluding hydrogens is 210 g/mol. The van der Waals surface area contributed by atoms with Crippen molar-refractivity contribution in [1.82, 2.24) is 15.3 Å². The second-order valence-corrected chi connectivity index (χ2v) is 5.20. The third-order valence-electron chi connectivity index (χ3n) is 3.58. The van der Waals surface area contributed by atoms with Gasteiger partial charge in [0, 0.05) is 0 Å². The fraction of sp³-hybridized carbons (Fsp3) is 0.500. The molecule has 17 heavy (non-hydrogen) atoms. The van der Waals surface area contributed by atoms with E-state index in [2.05, 4.69) is 47.3 Å². The highest BCUT2D eigenvalue weighted by atomic mass is 15.0. The monoisotopic (exact) mass is 229 g/mol. The lowest BCUT2D eigenvalue weighted by Crippen LogP contribution is -2.13. The molecule has 0 saturated carbocycles. The molecule has 0 spiro atoms. The maximum absolute atomic E-state index is 4.68. The fourth-order valence-electron chi connectivity index (χ4n) is 2.49. The highest BCUT2D eigenvalue weighted by Gasteiger charge is 2.19. The average Bonchev–Trinajstić information content (AvgIpc) is 2.96. The van der Waals surface area contributed by atoms with Gasteiger partial charge in [0.05, 0.1) is 17.1 Å². The molecule has 0 bridgehead atoms. The van der Waals surface area contributed by atoms with Crippen LogP contribution >= 0.6 is 0 Å². The number of nitrogens with zero attached hydrogens (tertiary/aromatic N) is 1. The van der Waals surface area contributed by atoms with Crippen molar-refractivity contribution < 1.29 is 0 Å². The molecule has 90 valence electrons. The standard InChI is InChI=1S/C14H19N3/c1-9(2)10-5-6-11-13(8-10)17-14(16-11)12-4-3-7-15-12/h5-6,8-9,12,15H,3-4,7H2,1-2H3,(H,16,17). The van der Waals surface area contributed by atoms with Gasteiger partial charge < -0.3 is 10.3 Å². The molecule has 1 saturated heterocycles. The lowest BCUT2D eigenvalue weighted by Gasteiger charge is -2.04. The van der Waals surface area contributed by atoms with E-state index in [1.165, 1.54) is 23.9 Å². The summed E-state index contributed by atoms with van der Waals surface area (Å²) >= 11 is 0. The summed E-state index contributed by atoms with van der Waals surface area (Å²) in [6, 6.07) is 6.95. The molecular formula is C14H19N3. The number of imidazole rings is 1. The van der Waals surface area contributed by atoms with Crippen molar-refractivity contribution in [2.75, 3.05) is 6.54 Å². The molecule has 3 rings (SSSR count). The van der Waals surface area contributed by atoms with Crippen molar-refractivity contribution in [2.45, 2.75) is 38.6 Å². The molecule has 0 aliphatic carbocycles. The summed E-state index contributed by atoms with van der Waals surface area (Å²) in [4.78, 5) is 8.14. The second kappa shape index (κ2) is 4.15. The van der Waals surface area contributed by atoms with Gasteiger partial charge in [0.15, 0.2) is 0 Å². The molecule has 2 N–H and O–H groups in total. The van der Waals surface area contributed by atoms with Crippen LogP contribution in [0, 0.1) is 0 Å². The first-order valence-corrected chi connectivity index (χ1v) is 6.47. The summed E-state index contributed by atoms with van der Waals surface area (Å²) < 4.78 is 0. The summed E-state index contributed by atoms with van der Waals surface area (Å²) in [5, 5.41) is 3.48. The van der Waals surface area contributed by atoms with Gasteiger partial charge in [0.25, 0.3) is 0 Å². The van der Waals surface area contributed by atoms with Gasteiger partial charge >= 0.3 is 0 Å². The largest absolute Gasteiger partial charge is 0.341 e. The maximum Gasteiger partial charge on any atom is 0.124 e. The quantitative estimate of drug-likeness (QED) is 0.830. The minimum absolute atomic E-state index is 0.421. The maximum atomic E-state index is 4.68. The Hall–Kier alpha value is -1.35. The van der Waals surface area contributed by atoms with Gasteiger partial charge in [-0.25, -0.2) is 4.98 Å². The normalized spacial score (nSPS) is 20.5. The molecule has 3 nitrogen and oxygen atoms in total. The van der Waals surface area contributed by atoms with Gasteiger partial charge in [-0.2, -0.15) is 0 Å². The van der Waals surface area contributed by atoms with Crippen LogP contribution in [0.3, 0.4) is 0 Å². The van der Waals surface area contributed by atoms with Crippen LogP contribution < -0.4 is 5.32 Å². The van der Waals surface area contributed by atoms with Crippen molar-refractivity contribution in [3.63, 3.8) is 0 Å². The Morgan fingerprint density at radius 1 is 1.35 bits per heavy atom. The van der Waals surface area contributed by atoms with Crippen molar-refractivity contribution in [1.29, 1.82) is 0 Å². The van der Waals surface area contributed by atoms with Gasteiger partial charge in [-0.1, -0.05) is 19.9 Å². The third kappa shape index (κ3) is 1.95. The van der Waals surface area contributed by atoms with E-state index < -0.39 is 0 Å². The minimum atomic E-state index is 0.421. The van der Waals surface area contributed by atoms with Crippen LogP contribution in [0.15, 0.2) is 18.2 Å². The molecule has 1 aromatic carbocycles. The number of nitrogens with one attached hydrogen (secondary N) is 2. The van der Waals surface area contributed by atoms with E-state index in [0.717, 1.165) is 17.9 Å². The van der Waals surface area contributed by atoms with Crippen LogP contribution in [0.25, 0.3) is 11.0 Å². The van der Waals surface area contributed by atoms with E-state index in [1.807, 2.05) is 0 Å². The van der Waals surface area contributed by atoms with Gasteiger partial charge in [-0.05, 0) is 43.0 Å². The zero-order valence-electron chi connectivity index (χ0n) is 10.5. The average molecular weight is 229 g/mol. The Kier molecular flexibility index (Phi) is 2.63. The molecule has 1 aromatic heterocycles. The van der Waals surface area contributed by atoms with Crippen LogP contribution in [-0.4, -0.2) is 16.5 Å². The van der Waals surface area contributed by atoms with Crippen molar-refractivity contribution in [3.8, 4) is 0 Å². The number of hydrogen-bond donors (Lipinski definition) is 2. The Balaban J connectivity index is 2.00. The highest BCUT2D eigenvalue weighted by molar-refractivity contribution is 5.76. The molecule has 0 amide bonds. The van der Waals surface area contributed by atoms with E-state index in [0.29, 0.717) is 12.0 Å². The molecule has 3 heteroatoms. The van der Waals surface area contributed by atoms with Gasteiger partial charge in [-0.3, -0.25) is 0 Å². The van der Waals surface area contributed by atoms with E-state index in [4.69, 9.17) is 0 Å². The first-order chi connectivity index (χ1) is 8.24. The zero-order valence-corrected chi connectivity index (χ0v) is 10.5. The molecule has 2 heterocycles. The first kappa shape index (κ1) is 10.8. The molecule has 1 unspecified atom stereocenters. The van der Waals surface area contributed by atoms with Crippen LogP contribution in [0.4, 0.5) is 0 Å². The number of H-pyrrole nitrogens is 1. The van der Waals surface area contributed by atoms with Crippen LogP contribution in [0.1, 0.15) is 50.0 Å². The topological polar surface area (TPSA) is 40.7 Å². The van der Waals surface area contributed by atoms with Gasteiger partial charge in [0.2, 0.25) is 0 Å². The minimum Gasteiger partial charge on any atom is -0.341 e. The third-order valence-corrected chi connectivity index (χ3v) is 3.58. The summed E-state index contributed by atoms with van der Waals surface area (Å²) in [7, 11) is 0. The molecule has 1 aliphatic rings. The van der Waals surface area contributed by atoms with Crippen LogP contribution in [0.2, 0.25) is 0 Å². The van der Waals surface area contributed by atoms with E-state index in [9.17, 15) is 0 Å². The Morgan fingerprint density at radius 3 is 2.94 bits per heavy atom. The van der Waals surface area contributed by atoms with E-state index in [1.54, 1.807) is 0 Å². The fourth-order valence-corrected chi connectivity index (χ4v) is 2.49. The Morgan fingerprint density at radius 2 is 2.24 bits per heavy atom. The summed E-state index contributed by atoms with van der Waals surface area (Å²) in [5.74, 6) is 1.66. The van der Waals surface area contributed by atoms with Crippen LogP contribution in [0.5, 0.6) is 0 Å². The number of aromatic nitrogens is 2. The number of rotatable bonds is 2. The summed E-state index contributed by atoms with van der Waals surface area (Å²) in [6.07, 6.45) is 2.44. The SMILES string of the molecule is CC(C)c1ccc2nc(C3CCCN3)[nH]c2c1. The van der Waals surface area contributed by atoms with Gasteiger partial charge in [-0.15, -0.1) is 0 Å². The van der Waals surface area contributed by atoms with Crippen molar-refractivity contribution in [3.05, 3.63) is 29.6 Å². The van der Waals surface area contributed by atoms with Crippen molar-refractivity contribution in [2.24, 2.45) is 0 Å². The molecule has 2 aromatic rings. The van der Waals surface area contributed by atoms with Crippen molar-refractivity contribution >= 4 is 11.0 Å². The molecule has 1 atom stereocenters. The zero-order chi connectivity index (χ0) is 11.8.